The molecule has 18 heteroatoms. The van der Waals surface area contributed by atoms with Crippen LogP contribution in [-0.2, 0) is 26.7 Å². The van der Waals surface area contributed by atoms with E-state index in [1.54, 1.807) is 32.6 Å². The van der Waals surface area contributed by atoms with Gasteiger partial charge in [0.15, 0.2) is 11.2 Å². The Kier molecular flexibility index (Phi) is 14.6. The molecule has 2 aromatic carbocycles. The maximum absolute atomic E-state index is 14.2. The van der Waals surface area contributed by atoms with E-state index in [0.29, 0.717) is 18.9 Å². The van der Waals surface area contributed by atoms with E-state index in [2.05, 4.69) is 4.74 Å². The van der Waals surface area contributed by atoms with Crippen molar-refractivity contribution in [2.45, 2.75) is 148 Å². The van der Waals surface area contributed by atoms with Gasteiger partial charge < -0.3 is 39.1 Å². The third kappa shape index (κ3) is 10.3. The lowest BCUT2D eigenvalue weighted by Crippen LogP contribution is -2.54. The van der Waals surface area contributed by atoms with E-state index in [9.17, 15) is 55.7 Å². The number of carbonyl (C=O) groups excluding carboxylic acids is 4. The first-order valence-electron chi connectivity index (χ1n) is 20.0. The number of methoxy groups -OCH3 is 1. The number of amides is 3. The molecule has 3 aliphatic rings. The average molecular weight is 860 g/mol. The SMILES string of the molecule is CCC(O)CN1C(=O)C(C)(C)Oc2cc(C(F)(F)F)c(C(=O)N(C(C)C)C3CCCCC3)cc21.CCC(O)CN1C(=O)C(C)(C)Oc2cc(C(F)(F)F)c(C(=O)OC)cc21. The lowest BCUT2D eigenvalue weighted by Gasteiger charge is -2.41. The number of benzene rings is 2. The molecule has 5 rings (SSSR count). The Hall–Kier alpha value is -4.58. The zero-order valence-electron chi connectivity index (χ0n) is 35.3. The first kappa shape index (κ1) is 48.1. The second-order valence-electron chi connectivity index (χ2n) is 16.5. The summed E-state index contributed by atoms with van der Waals surface area (Å²) in [7, 11) is 0.964. The molecule has 12 nitrogen and oxygen atoms in total. The molecule has 2 aliphatic heterocycles. The number of ether oxygens (including phenoxy) is 3. The Morgan fingerprint density at radius 1 is 0.767 bits per heavy atom. The third-order valence-corrected chi connectivity index (χ3v) is 10.8. The van der Waals surface area contributed by atoms with E-state index < -0.39 is 81.7 Å². The van der Waals surface area contributed by atoms with E-state index in [0.717, 1.165) is 62.3 Å². The number of anilines is 2. The predicted molar refractivity (Wildman–Crippen MR) is 209 cm³/mol. The maximum Gasteiger partial charge on any atom is 0.417 e. The zero-order chi connectivity index (χ0) is 45.3. The number of rotatable bonds is 10. The molecule has 334 valence electrons. The molecule has 0 aromatic heterocycles. The number of nitrogens with zero attached hydrogens (tertiary/aromatic N) is 3. The molecule has 0 bridgehead atoms. The molecule has 0 radical (unpaired) electrons. The molecule has 1 aliphatic carbocycles. The number of esters is 1. The number of halogens is 6. The van der Waals surface area contributed by atoms with Gasteiger partial charge in [0.1, 0.15) is 11.5 Å². The molecule has 2 heterocycles. The van der Waals surface area contributed by atoms with Crippen molar-refractivity contribution in [1.29, 1.82) is 0 Å². The van der Waals surface area contributed by atoms with Crippen LogP contribution in [0.25, 0.3) is 0 Å². The minimum absolute atomic E-state index is 0.0183. The quantitative estimate of drug-likeness (QED) is 0.180. The number of carbonyl (C=O) groups is 4. The highest BCUT2D eigenvalue weighted by molar-refractivity contribution is 6.06. The molecule has 0 saturated heterocycles. The van der Waals surface area contributed by atoms with Gasteiger partial charge in [0.05, 0.1) is 66.0 Å². The summed E-state index contributed by atoms with van der Waals surface area (Å²) >= 11 is 0. The highest BCUT2D eigenvalue weighted by atomic mass is 19.4. The van der Waals surface area contributed by atoms with Crippen LogP contribution in [0, 0.1) is 0 Å². The van der Waals surface area contributed by atoms with Gasteiger partial charge in [-0.25, -0.2) is 4.79 Å². The maximum atomic E-state index is 14.2. The van der Waals surface area contributed by atoms with Crippen molar-refractivity contribution < 1.29 is 69.9 Å². The summed E-state index contributed by atoms with van der Waals surface area (Å²) in [6.45, 7) is 12.6. The molecule has 1 fully saturated rings. The summed E-state index contributed by atoms with van der Waals surface area (Å²) in [6.07, 6.45) is -6.27. The smallest absolute Gasteiger partial charge is 0.417 e. The first-order valence-corrected chi connectivity index (χ1v) is 20.0. The molecule has 3 amide bonds. The van der Waals surface area contributed by atoms with E-state index in [-0.39, 0.29) is 48.0 Å². The van der Waals surface area contributed by atoms with Crippen LogP contribution in [0.4, 0.5) is 37.7 Å². The summed E-state index contributed by atoms with van der Waals surface area (Å²) < 4.78 is 98.2. The first-order chi connectivity index (χ1) is 27.7. The van der Waals surface area contributed by atoms with Crippen molar-refractivity contribution in [3.05, 3.63) is 46.5 Å². The Balaban J connectivity index is 0.000000275. The van der Waals surface area contributed by atoms with Gasteiger partial charge in [-0.3, -0.25) is 14.4 Å². The molecule has 0 spiro atoms. The average Bonchev–Trinajstić information content (AvgIpc) is 3.16. The monoisotopic (exact) mass is 859 g/mol. The number of aliphatic hydroxyl groups excluding tert-OH is 2. The summed E-state index contributed by atoms with van der Waals surface area (Å²) in [5.41, 5.74) is -6.32. The minimum Gasteiger partial charge on any atom is -0.476 e. The number of hydrogen-bond donors (Lipinski definition) is 2. The Bertz CT molecular complexity index is 1930. The third-order valence-electron chi connectivity index (χ3n) is 10.8. The summed E-state index contributed by atoms with van der Waals surface area (Å²) in [5, 5.41) is 20.2. The van der Waals surface area contributed by atoms with Crippen molar-refractivity contribution in [3.8, 4) is 11.5 Å². The van der Waals surface area contributed by atoms with Crippen LogP contribution in [-0.4, -0.2) is 94.5 Å². The van der Waals surface area contributed by atoms with Crippen LogP contribution in [0.5, 0.6) is 11.5 Å². The van der Waals surface area contributed by atoms with Crippen molar-refractivity contribution in [2.75, 3.05) is 30.0 Å². The molecular weight excluding hydrogens is 804 g/mol. The minimum atomic E-state index is -4.82. The molecule has 2 atom stereocenters. The number of β-amino-alcohol motifs (C(OH)–C–C–N with tert-alkyl or cyclic N) is 2. The fraction of sp³-hybridized carbons (Fsp3) is 0.619. The molecule has 2 aromatic rings. The van der Waals surface area contributed by atoms with Gasteiger partial charge in [-0.05, 0) is 91.5 Å². The van der Waals surface area contributed by atoms with Crippen molar-refractivity contribution in [3.63, 3.8) is 0 Å². The van der Waals surface area contributed by atoms with Crippen LogP contribution in [0.3, 0.4) is 0 Å². The van der Waals surface area contributed by atoms with Gasteiger partial charge in [-0.2, -0.15) is 26.3 Å². The van der Waals surface area contributed by atoms with Gasteiger partial charge in [-0.15, -0.1) is 0 Å². The number of aliphatic hydroxyl groups is 2. The van der Waals surface area contributed by atoms with E-state index in [4.69, 9.17) is 9.47 Å². The normalized spacial score (nSPS) is 18.6. The number of fused-ring (bicyclic) bond motifs is 2. The summed E-state index contributed by atoms with van der Waals surface area (Å²) in [5.74, 6) is -3.24. The fourth-order valence-electron chi connectivity index (χ4n) is 7.52. The topological polar surface area (TPSA) is 146 Å². The van der Waals surface area contributed by atoms with Crippen molar-refractivity contribution >= 4 is 35.1 Å². The zero-order valence-corrected chi connectivity index (χ0v) is 35.3. The van der Waals surface area contributed by atoms with Crippen LogP contribution in [0.1, 0.15) is 132 Å². The van der Waals surface area contributed by atoms with E-state index in [1.807, 2.05) is 0 Å². The predicted octanol–water partition coefficient (Wildman–Crippen LogP) is 7.93. The van der Waals surface area contributed by atoms with Crippen LogP contribution < -0.4 is 19.3 Å². The second kappa shape index (κ2) is 18.2. The van der Waals surface area contributed by atoms with Gasteiger partial charge in [-0.1, -0.05) is 33.1 Å². The second-order valence-corrected chi connectivity index (χ2v) is 16.5. The lowest BCUT2D eigenvalue weighted by atomic mass is 9.92. The number of alkyl halides is 6. The Morgan fingerprint density at radius 3 is 1.53 bits per heavy atom. The molecule has 1 saturated carbocycles. The van der Waals surface area contributed by atoms with Gasteiger partial charge >= 0.3 is 18.3 Å². The van der Waals surface area contributed by atoms with Crippen molar-refractivity contribution in [1.82, 2.24) is 4.90 Å². The molecular formula is C42H55F6N3O9. The Morgan fingerprint density at radius 2 is 1.17 bits per heavy atom. The fourth-order valence-corrected chi connectivity index (χ4v) is 7.52. The van der Waals surface area contributed by atoms with E-state index in [1.165, 1.54) is 32.6 Å². The number of hydrogen-bond acceptors (Lipinski definition) is 9. The van der Waals surface area contributed by atoms with Crippen LogP contribution in [0.15, 0.2) is 24.3 Å². The molecule has 2 N–H and O–H groups in total. The largest absolute Gasteiger partial charge is 0.476 e. The highest BCUT2D eigenvalue weighted by Gasteiger charge is 2.47. The van der Waals surface area contributed by atoms with Crippen molar-refractivity contribution in [2.24, 2.45) is 0 Å². The van der Waals surface area contributed by atoms with Gasteiger partial charge in [0, 0.05) is 12.1 Å². The van der Waals surface area contributed by atoms with Crippen LogP contribution >= 0.6 is 0 Å². The Labute approximate surface area is 345 Å². The standard InChI is InChI=1S/C25H35F3N2O4.C17H20F3NO5/c1-6-17(31)14-29-20-12-18(22(32)30(15(2)3)16-10-8-7-9-11-16)19(25(26,27)28)13-21(20)34-24(4,5)23(29)33;1-5-9(22)8-21-12-6-10(14(23)25-4)11(17(18,19)20)7-13(12)26-16(2,3)15(21)24/h12-13,15-17,31H,6-11,14H2,1-5H3;6-7,9,22H,5,8H2,1-4H3. The van der Waals surface area contributed by atoms with Crippen LogP contribution in [0.2, 0.25) is 0 Å². The molecule has 60 heavy (non-hydrogen) atoms. The summed E-state index contributed by atoms with van der Waals surface area (Å²) in [6, 6.07) is 3.12. The summed E-state index contributed by atoms with van der Waals surface area (Å²) in [4.78, 5) is 55.2. The van der Waals surface area contributed by atoms with E-state index >= 15 is 0 Å². The molecule has 2 unspecified atom stereocenters. The van der Waals surface area contributed by atoms with Gasteiger partial charge in [0.25, 0.3) is 17.7 Å². The highest BCUT2D eigenvalue weighted by Crippen LogP contribution is 2.46. The van der Waals surface area contributed by atoms with Gasteiger partial charge in [0.2, 0.25) is 0 Å². The lowest BCUT2D eigenvalue weighted by molar-refractivity contribution is -0.139.